The average Bonchev–Trinajstić information content (AvgIpc) is 3.80. The summed E-state index contributed by atoms with van der Waals surface area (Å²) in [6.07, 6.45) is 9.71. The van der Waals surface area contributed by atoms with Crippen LogP contribution in [0.5, 0.6) is 0 Å². The van der Waals surface area contributed by atoms with Crippen molar-refractivity contribution >= 4 is 33.8 Å². The first-order valence-electron chi connectivity index (χ1n) is 12.6. The van der Waals surface area contributed by atoms with Gasteiger partial charge in [0, 0.05) is 55.8 Å². The minimum atomic E-state index is -0.0797. The molecular formula is C25H31N7O2S. The number of carbonyl (C=O) groups excluding carboxylic acids is 2. The molecule has 35 heavy (non-hydrogen) atoms. The quantitative estimate of drug-likeness (QED) is 0.543. The Morgan fingerprint density at radius 1 is 1.14 bits per heavy atom. The first-order valence-corrected chi connectivity index (χ1v) is 13.5. The Morgan fingerprint density at radius 2 is 1.91 bits per heavy atom. The third kappa shape index (κ3) is 4.51. The molecule has 6 rings (SSSR count). The minimum absolute atomic E-state index is 0.0797. The van der Waals surface area contributed by atoms with E-state index in [-0.39, 0.29) is 23.8 Å². The molecule has 2 aliphatic carbocycles. The van der Waals surface area contributed by atoms with Crippen LogP contribution in [0, 0.1) is 11.8 Å². The predicted octanol–water partition coefficient (Wildman–Crippen LogP) is 3.22. The van der Waals surface area contributed by atoms with Gasteiger partial charge in [-0.1, -0.05) is 0 Å². The van der Waals surface area contributed by atoms with Crippen molar-refractivity contribution in [3.05, 3.63) is 29.5 Å². The van der Waals surface area contributed by atoms with Crippen LogP contribution in [0.4, 0.5) is 5.82 Å². The SMILES string of the molecule is C[C@@H](C1CC1)N(C)c1cc(C(=O)N2CCC(NC(=O)C3CC3)CC2)nc(-c2cnn3ccsc23)n1. The van der Waals surface area contributed by atoms with E-state index < -0.39 is 0 Å². The van der Waals surface area contributed by atoms with Crippen molar-refractivity contribution < 1.29 is 9.59 Å². The van der Waals surface area contributed by atoms with Crippen LogP contribution in [0.1, 0.15) is 55.9 Å². The van der Waals surface area contributed by atoms with E-state index in [1.165, 1.54) is 12.8 Å². The highest BCUT2D eigenvalue weighted by atomic mass is 32.1. The summed E-state index contributed by atoms with van der Waals surface area (Å²) in [4.78, 5) is 40.3. The molecule has 3 aromatic rings. The van der Waals surface area contributed by atoms with E-state index in [0.717, 1.165) is 41.9 Å². The van der Waals surface area contributed by atoms with E-state index in [1.807, 2.05) is 27.1 Å². The number of likely N-dealkylation sites (tertiary alicyclic amines) is 1. The molecule has 2 amide bonds. The number of amides is 2. The molecule has 3 fully saturated rings. The number of hydrogen-bond acceptors (Lipinski definition) is 7. The summed E-state index contributed by atoms with van der Waals surface area (Å²) in [5.41, 5.74) is 1.25. The van der Waals surface area contributed by atoms with Gasteiger partial charge in [-0.05, 0) is 51.4 Å². The molecule has 2 saturated carbocycles. The molecule has 1 atom stereocenters. The van der Waals surface area contributed by atoms with E-state index in [1.54, 1.807) is 17.5 Å². The van der Waals surface area contributed by atoms with Crippen molar-refractivity contribution in [3.63, 3.8) is 0 Å². The normalized spacial score (nSPS) is 19.7. The van der Waals surface area contributed by atoms with Gasteiger partial charge in [-0.25, -0.2) is 14.5 Å². The number of nitrogens with one attached hydrogen (secondary N) is 1. The fourth-order valence-corrected chi connectivity index (χ4v) is 5.67. The summed E-state index contributed by atoms with van der Waals surface area (Å²) in [6, 6.07) is 2.33. The van der Waals surface area contributed by atoms with Gasteiger partial charge in [0.1, 0.15) is 16.3 Å². The molecule has 1 saturated heterocycles. The summed E-state index contributed by atoms with van der Waals surface area (Å²) in [7, 11) is 2.05. The summed E-state index contributed by atoms with van der Waals surface area (Å²) in [5.74, 6) is 2.27. The van der Waals surface area contributed by atoms with Gasteiger partial charge in [0.2, 0.25) is 5.91 Å². The van der Waals surface area contributed by atoms with Gasteiger partial charge >= 0.3 is 0 Å². The highest BCUT2D eigenvalue weighted by Gasteiger charge is 2.34. The standard InChI is InChI=1S/C25H31N7O2S/c1-15(16-3-4-16)30(2)21-13-20(28-22(29-21)19-14-26-32-11-12-35-25(19)32)24(34)31-9-7-18(8-10-31)27-23(33)17-5-6-17/h11-18H,3-10H2,1-2H3,(H,27,33)/t15-/m0/s1. The van der Waals surface area contributed by atoms with Gasteiger partial charge in [-0.3, -0.25) is 9.59 Å². The molecule has 1 aliphatic heterocycles. The molecule has 10 heteroatoms. The molecule has 0 aromatic carbocycles. The third-order valence-corrected chi connectivity index (χ3v) is 8.55. The molecule has 9 nitrogen and oxygen atoms in total. The topological polar surface area (TPSA) is 95.7 Å². The summed E-state index contributed by atoms with van der Waals surface area (Å²) < 4.78 is 1.81. The van der Waals surface area contributed by atoms with Crippen LogP contribution < -0.4 is 10.2 Å². The zero-order valence-corrected chi connectivity index (χ0v) is 21.0. The first-order chi connectivity index (χ1) is 17.0. The molecule has 0 unspecified atom stereocenters. The lowest BCUT2D eigenvalue weighted by atomic mass is 10.0. The lowest BCUT2D eigenvalue weighted by molar-refractivity contribution is -0.123. The Morgan fingerprint density at radius 3 is 2.63 bits per heavy atom. The number of fused-ring (bicyclic) bond motifs is 1. The smallest absolute Gasteiger partial charge is 0.272 e. The number of thiazole rings is 1. The van der Waals surface area contributed by atoms with Gasteiger partial charge < -0.3 is 15.1 Å². The number of piperidine rings is 1. The van der Waals surface area contributed by atoms with Gasteiger partial charge in [0.05, 0.1) is 11.8 Å². The number of nitrogens with zero attached hydrogens (tertiary/aromatic N) is 6. The predicted molar refractivity (Wildman–Crippen MR) is 134 cm³/mol. The number of anilines is 1. The van der Waals surface area contributed by atoms with E-state index in [9.17, 15) is 9.59 Å². The van der Waals surface area contributed by atoms with Crippen LogP contribution in [0.25, 0.3) is 16.2 Å². The van der Waals surface area contributed by atoms with Crippen molar-refractivity contribution in [2.75, 3.05) is 25.0 Å². The second-order valence-electron chi connectivity index (χ2n) is 10.2. The molecule has 0 spiro atoms. The molecule has 0 radical (unpaired) electrons. The molecule has 184 valence electrons. The molecule has 4 heterocycles. The van der Waals surface area contributed by atoms with Crippen molar-refractivity contribution in [2.24, 2.45) is 11.8 Å². The van der Waals surface area contributed by atoms with Crippen molar-refractivity contribution in [2.45, 2.75) is 57.5 Å². The zero-order valence-electron chi connectivity index (χ0n) is 20.2. The first kappa shape index (κ1) is 22.5. The molecule has 3 aliphatic rings. The second-order valence-corrected chi connectivity index (χ2v) is 11.1. The Bertz CT molecular complexity index is 1250. The van der Waals surface area contributed by atoms with Gasteiger partial charge in [-0.2, -0.15) is 5.10 Å². The summed E-state index contributed by atoms with van der Waals surface area (Å²) in [5, 5.41) is 9.56. The van der Waals surface area contributed by atoms with Gasteiger partial charge in [0.25, 0.3) is 5.91 Å². The Hall–Kier alpha value is -3.01. The van der Waals surface area contributed by atoms with Crippen LogP contribution in [-0.2, 0) is 4.79 Å². The van der Waals surface area contributed by atoms with Crippen LogP contribution in [0.2, 0.25) is 0 Å². The summed E-state index contributed by atoms with van der Waals surface area (Å²) >= 11 is 1.58. The number of aromatic nitrogens is 4. The van der Waals surface area contributed by atoms with Gasteiger partial charge in [-0.15, -0.1) is 11.3 Å². The third-order valence-electron chi connectivity index (χ3n) is 7.66. The Labute approximate surface area is 208 Å². The van der Waals surface area contributed by atoms with E-state index in [4.69, 9.17) is 9.97 Å². The maximum atomic E-state index is 13.6. The van der Waals surface area contributed by atoms with Gasteiger partial charge in [0.15, 0.2) is 5.82 Å². The number of hydrogen-bond donors (Lipinski definition) is 1. The van der Waals surface area contributed by atoms with Crippen LogP contribution >= 0.6 is 11.3 Å². The molecule has 1 N–H and O–H groups in total. The van der Waals surface area contributed by atoms with Crippen LogP contribution in [0.15, 0.2) is 23.8 Å². The van der Waals surface area contributed by atoms with E-state index in [0.29, 0.717) is 36.6 Å². The van der Waals surface area contributed by atoms with E-state index in [2.05, 4.69) is 29.3 Å². The monoisotopic (exact) mass is 493 g/mol. The largest absolute Gasteiger partial charge is 0.357 e. The molecule has 3 aromatic heterocycles. The van der Waals surface area contributed by atoms with Crippen molar-refractivity contribution in [3.8, 4) is 11.4 Å². The van der Waals surface area contributed by atoms with E-state index >= 15 is 0 Å². The molecule has 0 bridgehead atoms. The number of rotatable bonds is 7. The lowest BCUT2D eigenvalue weighted by Gasteiger charge is -2.32. The Kier molecular flexibility index (Phi) is 5.70. The fourth-order valence-electron chi connectivity index (χ4n) is 4.88. The average molecular weight is 494 g/mol. The Balaban J connectivity index is 1.25. The summed E-state index contributed by atoms with van der Waals surface area (Å²) in [6.45, 7) is 3.44. The van der Waals surface area contributed by atoms with Crippen molar-refractivity contribution in [1.29, 1.82) is 0 Å². The van der Waals surface area contributed by atoms with Crippen molar-refractivity contribution in [1.82, 2.24) is 29.8 Å². The zero-order chi connectivity index (χ0) is 24.1. The fraction of sp³-hybridized carbons (Fsp3) is 0.560. The maximum Gasteiger partial charge on any atom is 0.272 e. The highest BCUT2D eigenvalue weighted by molar-refractivity contribution is 7.16. The highest BCUT2D eigenvalue weighted by Crippen LogP contribution is 2.36. The van der Waals surface area contributed by atoms with Crippen LogP contribution in [0.3, 0.4) is 0 Å². The minimum Gasteiger partial charge on any atom is -0.357 e. The maximum absolute atomic E-state index is 13.6. The molecular weight excluding hydrogens is 462 g/mol. The van der Waals surface area contributed by atoms with Crippen LogP contribution in [-0.4, -0.2) is 68.5 Å². The second kappa shape index (κ2) is 8.89. The number of carbonyl (C=O) groups is 2. The lowest BCUT2D eigenvalue weighted by Crippen LogP contribution is -2.47.